The Hall–Kier alpha value is -0.610. The van der Waals surface area contributed by atoms with E-state index < -0.39 is 0 Å². The van der Waals surface area contributed by atoms with Crippen LogP contribution in [0.15, 0.2) is 0 Å². The first-order valence-corrected chi connectivity index (χ1v) is 6.90. The normalized spacial score (nSPS) is 35.5. The summed E-state index contributed by atoms with van der Waals surface area (Å²) in [6.45, 7) is 5.15. The van der Waals surface area contributed by atoms with Crippen LogP contribution in [-0.2, 0) is 4.79 Å². The fourth-order valence-corrected chi connectivity index (χ4v) is 3.27. The molecule has 98 valence electrons. The van der Waals surface area contributed by atoms with Gasteiger partial charge in [-0.25, -0.2) is 0 Å². The monoisotopic (exact) mass is 239 g/mol. The molecule has 0 aromatic rings. The lowest BCUT2D eigenvalue weighted by Crippen LogP contribution is -2.60. The number of likely N-dealkylation sites (N-methyl/N-ethyl adjacent to an activating group) is 1. The zero-order valence-corrected chi connectivity index (χ0v) is 11.0. The fourth-order valence-electron chi connectivity index (χ4n) is 3.27. The third-order valence-corrected chi connectivity index (χ3v) is 4.21. The van der Waals surface area contributed by atoms with Gasteiger partial charge in [-0.05, 0) is 18.8 Å². The van der Waals surface area contributed by atoms with Crippen LogP contribution >= 0.6 is 0 Å². The Morgan fingerprint density at radius 2 is 2.24 bits per heavy atom. The quantitative estimate of drug-likeness (QED) is 0.741. The average Bonchev–Trinajstić information content (AvgIpc) is 2.38. The van der Waals surface area contributed by atoms with Gasteiger partial charge in [0.05, 0.1) is 0 Å². The number of piperazine rings is 1. The molecule has 2 N–H and O–H groups in total. The van der Waals surface area contributed by atoms with Crippen LogP contribution in [0.3, 0.4) is 0 Å². The lowest BCUT2D eigenvalue weighted by atomic mass is 9.85. The van der Waals surface area contributed by atoms with Gasteiger partial charge in [-0.15, -0.1) is 0 Å². The molecule has 4 heteroatoms. The van der Waals surface area contributed by atoms with E-state index in [0.717, 1.165) is 25.6 Å². The Kier molecular flexibility index (Phi) is 4.40. The van der Waals surface area contributed by atoms with Crippen LogP contribution in [0.1, 0.15) is 32.6 Å². The van der Waals surface area contributed by atoms with E-state index in [0.29, 0.717) is 6.04 Å². The molecule has 17 heavy (non-hydrogen) atoms. The molecular weight excluding hydrogens is 214 g/mol. The molecule has 2 rings (SSSR count). The van der Waals surface area contributed by atoms with Gasteiger partial charge < -0.3 is 10.6 Å². The molecule has 0 spiro atoms. The topological polar surface area (TPSA) is 44.4 Å². The predicted molar refractivity (Wildman–Crippen MR) is 68.9 cm³/mol. The molecule has 1 aliphatic heterocycles. The first-order chi connectivity index (χ1) is 8.22. The number of amides is 1. The van der Waals surface area contributed by atoms with Crippen LogP contribution in [0.25, 0.3) is 0 Å². The molecule has 1 amide bonds. The van der Waals surface area contributed by atoms with E-state index in [2.05, 4.69) is 22.5 Å². The smallest absolute Gasteiger partial charge is 0.238 e. The fraction of sp³-hybridized carbons (Fsp3) is 0.923. The van der Waals surface area contributed by atoms with Crippen molar-refractivity contribution in [1.82, 2.24) is 15.5 Å². The van der Waals surface area contributed by atoms with E-state index in [1.807, 2.05) is 0 Å². The first-order valence-electron chi connectivity index (χ1n) is 6.90. The molecule has 3 unspecified atom stereocenters. The zero-order valence-electron chi connectivity index (χ0n) is 11.0. The van der Waals surface area contributed by atoms with Crippen molar-refractivity contribution in [2.45, 2.75) is 44.7 Å². The van der Waals surface area contributed by atoms with E-state index in [1.54, 1.807) is 7.05 Å². The maximum atomic E-state index is 11.9. The van der Waals surface area contributed by atoms with Crippen molar-refractivity contribution in [3.63, 3.8) is 0 Å². The molecule has 1 saturated carbocycles. The molecule has 2 aliphatic rings. The van der Waals surface area contributed by atoms with Gasteiger partial charge in [0.25, 0.3) is 0 Å². The molecule has 0 aromatic heterocycles. The summed E-state index contributed by atoms with van der Waals surface area (Å²) in [6, 6.07) is 0.646. The number of rotatable bonds is 2. The van der Waals surface area contributed by atoms with Crippen molar-refractivity contribution in [3.05, 3.63) is 0 Å². The van der Waals surface area contributed by atoms with Crippen molar-refractivity contribution in [1.29, 1.82) is 0 Å². The standard InChI is InChI=1S/C13H25N3O/c1-10-4-3-5-11(8-10)16-7-6-15-9-12(16)13(17)14-2/h10-12,15H,3-9H2,1-2H3,(H,14,17). The molecule has 3 atom stereocenters. The molecule has 0 bridgehead atoms. The van der Waals surface area contributed by atoms with Gasteiger partial charge in [-0.2, -0.15) is 0 Å². The maximum Gasteiger partial charge on any atom is 0.238 e. The predicted octanol–water partition coefficient (Wildman–Crippen LogP) is 0.585. The Morgan fingerprint density at radius 3 is 2.94 bits per heavy atom. The van der Waals surface area contributed by atoms with E-state index >= 15 is 0 Å². The number of hydrogen-bond acceptors (Lipinski definition) is 3. The molecule has 4 nitrogen and oxygen atoms in total. The summed E-state index contributed by atoms with van der Waals surface area (Å²) in [5, 5.41) is 6.12. The van der Waals surface area contributed by atoms with Gasteiger partial charge in [0.2, 0.25) is 5.91 Å². The molecule has 0 radical (unpaired) electrons. The summed E-state index contributed by atoms with van der Waals surface area (Å²) in [4.78, 5) is 14.3. The number of hydrogen-bond donors (Lipinski definition) is 2. The second kappa shape index (κ2) is 5.83. The number of nitrogens with one attached hydrogen (secondary N) is 2. The molecule has 1 aliphatic carbocycles. The summed E-state index contributed by atoms with van der Waals surface area (Å²) in [5.74, 6) is 0.976. The number of carbonyl (C=O) groups excluding carboxylic acids is 1. The SMILES string of the molecule is CNC(=O)C1CNCCN1C1CCCC(C)C1. The van der Waals surface area contributed by atoms with Crippen molar-refractivity contribution in [2.75, 3.05) is 26.7 Å². The van der Waals surface area contributed by atoms with Crippen molar-refractivity contribution < 1.29 is 4.79 Å². The molecule has 1 heterocycles. The molecule has 0 aromatic carbocycles. The van der Waals surface area contributed by atoms with Crippen LogP contribution in [0.2, 0.25) is 0 Å². The average molecular weight is 239 g/mol. The first kappa shape index (κ1) is 12.8. The number of carbonyl (C=O) groups is 1. The minimum Gasteiger partial charge on any atom is -0.358 e. The van der Waals surface area contributed by atoms with Crippen LogP contribution in [0.4, 0.5) is 0 Å². The minimum absolute atomic E-state index is 0.0315. The lowest BCUT2D eigenvalue weighted by molar-refractivity contribution is -0.128. The highest BCUT2D eigenvalue weighted by molar-refractivity contribution is 5.81. The minimum atomic E-state index is 0.0315. The van der Waals surface area contributed by atoms with Gasteiger partial charge in [0.15, 0.2) is 0 Å². The van der Waals surface area contributed by atoms with E-state index in [-0.39, 0.29) is 11.9 Å². The van der Waals surface area contributed by atoms with Crippen LogP contribution in [0.5, 0.6) is 0 Å². The Morgan fingerprint density at radius 1 is 1.41 bits per heavy atom. The summed E-state index contributed by atoms with van der Waals surface area (Å²) in [5.41, 5.74) is 0. The van der Waals surface area contributed by atoms with Crippen LogP contribution in [0, 0.1) is 5.92 Å². The van der Waals surface area contributed by atoms with Crippen molar-refractivity contribution in [3.8, 4) is 0 Å². The second-order valence-electron chi connectivity index (χ2n) is 5.50. The van der Waals surface area contributed by atoms with Crippen LogP contribution in [-0.4, -0.2) is 49.6 Å². The summed E-state index contributed by atoms with van der Waals surface area (Å²) < 4.78 is 0. The summed E-state index contributed by atoms with van der Waals surface area (Å²) >= 11 is 0. The van der Waals surface area contributed by atoms with Gasteiger partial charge in [-0.1, -0.05) is 19.8 Å². The zero-order chi connectivity index (χ0) is 12.3. The van der Waals surface area contributed by atoms with E-state index in [1.165, 1.54) is 25.7 Å². The Labute approximate surface area is 104 Å². The molecule has 1 saturated heterocycles. The van der Waals surface area contributed by atoms with Crippen molar-refractivity contribution >= 4 is 5.91 Å². The lowest BCUT2D eigenvalue weighted by Gasteiger charge is -2.43. The third kappa shape index (κ3) is 2.99. The van der Waals surface area contributed by atoms with Gasteiger partial charge in [0.1, 0.15) is 6.04 Å². The highest BCUT2D eigenvalue weighted by Crippen LogP contribution is 2.28. The van der Waals surface area contributed by atoms with Crippen molar-refractivity contribution in [2.24, 2.45) is 5.92 Å². The van der Waals surface area contributed by atoms with Gasteiger partial charge >= 0.3 is 0 Å². The second-order valence-corrected chi connectivity index (χ2v) is 5.50. The highest BCUT2D eigenvalue weighted by atomic mass is 16.2. The van der Waals surface area contributed by atoms with Gasteiger partial charge in [-0.3, -0.25) is 9.69 Å². The largest absolute Gasteiger partial charge is 0.358 e. The van der Waals surface area contributed by atoms with E-state index in [9.17, 15) is 4.79 Å². The molecular formula is C13H25N3O. The Bertz CT molecular complexity index is 269. The third-order valence-electron chi connectivity index (χ3n) is 4.21. The Balaban J connectivity index is 2.02. The number of nitrogens with zero attached hydrogens (tertiary/aromatic N) is 1. The summed E-state index contributed by atoms with van der Waals surface area (Å²) in [6.07, 6.45) is 5.19. The molecule has 2 fully saturated rings. The van der Waals surface area contributed by atoms with E-state index in [4.69, 9.17) is 0 Å². The highest BCUT2D eigenvalue weighted by Gasteiger charge is 2.34. The summed E-state index contributed by atoms with van der Waals surface area (Å²) in [7, 11) is 1.73. The van der Waals surface area contributed by atoms with Crippen LogP contribution < -0.4 is 10.6 Å². The maximum absolute atomic E-state index is 11.9. The van der Waals surface area contributed by atoms with Gasteiger partial charge in [0, 0.05) is 32.7 Å².